The normalized spacial score (nSPS) is 12.2. The number of hydrogen-bond acceptors (Lipinski definition) is 5. The topological polar surface area (TPSA) is 105 Å². The van der Waals surface area contributed by atoms with Gasteiger partial charge in [-0.2, -0.15) is 11.8 Å². The molecule has 3 aromatic rings. The van der Waals surface area contributed by atoms with Crippen molar-refractivity contribution in [3.8, 4) is 0 Å². The number of nitrogens with one attached hydrogen (secondary N) is 2. The Labute approximate surface area is 208 Å². The summed E-state index contributed by atoms with van der Waals surface area (Å²) >= 11 is 1.41. The number of benzene rings is 3. The van der Waals surface area contributed by atoms with E-state index in [0.717, 1.165) is 16.7 Å². The van der Waals surface area contributed by atoms with Crippen molar-refractivity contribution in [3.05, 3.63) is 108 Å². The number of hydrogen-bond donors (Lipinski definition) is 3. The minimum atomic E-state index is -1.14. The van der Waals surface area contributed by atoms with Crippen LogP contribution in [0.4, 0.5) is 4.79 Å². The number of ether oxygens (including phenoxy) is 1. The van der Waals surface area contributed by atoms with Crippen molar-refractivity contribution in [1.29, 1.82) is 0 Å². The van der Waals surface area contributed by atoms with E-state index < -0.39 is 30.1 Å². The fourth-order valence-electron chi connectivity index (χ4n) is 3.28. The predicted octanol–water partition coefficient (Wildman–Crippen LogP) is 4.03. The Kier molecular flexibility index (Phi) is 10.2. The minimum Gasteiger partial charge on any atom is -0.480 e. The van der Waals surface area contributed by atoms with Gasteiger partial charge in [0.05, 0.1) is 0 Å². The van der Waals surface area contributed by atoms with E-state index in [9.17, 15) is 19.5 Å². The molecule has 2 amide bonds. The average Bonchev–Trinajstić information content (AvgIpc) is 2.88. The van der Waals surface area contributed by atoms with Gasteiger partial charge in [0.2, 0.25) is 5.91 Å². The highest BCUT2D eigenvalue weighted by molar-refractivity contribution is 7.98. The molecule has 0 aliphatic carbocycles. The van der Waals surface area contributed by atoms with E-state index in [0.29, 0.717) is 5.75 Å². The van der Waals surface area contributed by atoms with Crippen molar-refractivity contribution in [1.82, 2.24) is 10.6 Å². The smallest absolute Gasteiger partial charge is 0.408 e. The zero-order valence-corrected chi connectivity index (χ0v) is 19.9. The fourth-order valence-corrected chi connectivity index (χ4v) is 4.29. The summed E-state index contributed by atoms with van der Waals surface area (Å²) in [4.78, 5) is 37.3. The Morgan fingerprint density at radius 3 is 1.86 bits per heavy atom. The molecule has 0 unspecified atom stereocenters. The van der Waals surface area contributed by atoms with Crippen molar-refractivity contribution in [2.24, 2.45) is 0 Å². The summed E-state index contributed by atoms with van der Waals surface area (Å²) in [5, 5.41) is 14.8. The molecular formula is C27H28N2O5S. The maximum atomic E-state index is 13.1. The van der Waals surface area contributed by atoms with Crippen LogP contribution in [0.2, 0.25) is 0 Å². The van der Waals surface area contributed by atoms with E-state index in [1.807, 2.05) is 91.0 Å². The minimum absolute atomic E-state index is 0.0558. The molecule has 0 spiro atoms. The molecule has 0 aromatic heterocycles. The zero-order chi connectivity index (χ0) is 24.9. The van der Waals surface area contributed by atoms with Gasteiger partial charge in [0.25, 0.3) is 0 Å². The number of carbonyl (C=O) groups is 3. The van der Waals surface area contributed by atoms with Gasteiger partial charge in [0, 0.05) is 17.9 Å². The van der Waals surface area contributed by atoms with E-state index in [1.54, 1.807) is 0 Å². The average molecular weight is 493 g/mol. The molecule has 0 fully saturated rings. The maximum Gasteiger partial charge on any atom is 0.408 e. The third-order valence-electron chi connectivity index (χ3n) is 5.11. The SMILES string of the molecule is O=C(N[C@@H](Cc1ccccc1)C(=O)N[C@@H](CSCc1ccccc1)C(=O)O)OCc1ccccc1. The molecular weight excluding hydrogens is 464 g/mol. The Morgan fingerprint density at radius 2 is 1.29 bits per heavy atom. The maximum absolute atomic E-state index is 13.1. The lowest BCUT2D eigenvalue weighted by molar-refractivity contribution is -0.141. The van der Waals surface area contributed by atoms with Crippen LogP contribution in [0.15, 0.2) is 91.0 Å². The Hall–Kier alpha value is -3.78. The molecule has 182 valence electrons. The quantitative estimate of drug-likeness (QED) is 0.353. The summed E-state index contributed by atoms with van der Waals surface area (Å²) in [7, 11) is 0. The molecule has 0 radical (unpaired) electrons. The first-order chi connectivity index (χ1) is 17.0. The van der Waals surface area contributed by atoms with Gasteiger partial charge in [-0.25, -0.2) is 9.59 Å². The van der Waals surface area contributed by atoms with E-state index in [1.165, 1.54) is 11.8 Å². The molecule has 0 bridgehead atoms. The number of rotatable bonds is 12. The molecule has 0 saturated heterocycles. The van der Waals surface area contributed by atoms with Gasteiger partial charge in [0.15, 0.2) is 0 Å². The summed E-state index contributed by atoms with van der Waals surface area (Å²) in [6, 6.07) is 26.0. The summed E-state index contributed by atoms with van der Waals surface area (Å²) in [6.07, 6.45) is -0.563. The number of carboxylic acids is 1. The highest BCUT2D eigenvalue weighted by Gasteiger charge is 2.27. The lowest BCUT2D eigenvalue weighted by atomic mass is 10.1. The second-order valence-electron chi connectivity index (χ2n) is 7.85. The fraction of sp³-hybridized carbons (Fsp3) is 0.222. The van der Waals surface area contributed by atoms with Gasteiger partial charge in [-0.3, -0.25) is 4.79 Å². The molecule has 35 heavy (non-hydrogen) atoms. The van der Waals surface area contributed by atoms with Crippen molar-refractivity contribution in [3.63, 3.8) is 0 Å². The van der Waals surface area contributed by atoms with Crippen molar-refractivity contribution in [2.45, 2.75) is 30.9 Å². The molecule has 0 aliphatic rings. The third-order valence-corrected chi connectivity index (χ3v) is 6.22. The molecule has 8 heteroatoms. The molecule has 3 N–H and O–H groups in total. The largest absolute Gasteiger partial charge is 0.480 e. The van der Waals surface area contributed by atoms with Crippen LogP contribution in [0, 0.1) is 0 Å². The first-order valence-electron chi connectivity index (χ1n) is 11.2. The van der Waals surface area contributed by atoms with Crippen LogP contribution in [0.1, 0.15) is 16.7 Å². The number of carboxylic acid groups (broad SMARTS) is 1. The Bertz CT molecular complexity index is 1080. The number of aliphatic carboxylic acids is 1. The first kappa shape index (κ1) is 25.8. The summed E-state index contributed by atoms with van der Waals surface area (Å²) in [6.45, 7) is 0.0558. The number of thioether (sulfide) groups is 1. The lowest BCUT2D eigenvalue weighted by Crippen LogP contribution is -2.53. The van der Waals surface area contributed by atoms with Gasteiger partial charge in [0.1, 0.15) is 18.7 Å². The first-order valence-corrected chi connectivity index (χ1v) is 12.3. The van der Waals surface area contributed by atoms with Crippen LogP contribution < -0.4 is 10.6 Å². The summed E-state index contributed by atoms with van der Waals surface area (Å²) in [5.41, 5.74) is 2.70. The van der Waals surface area contributed by atoms with Gasteiger partial charge in [-0.05, 0) is 16.7 Å². The molecule has 0 saturated carbocycles. The van der Waals surface area contributed by atoms with E-state index >= 15 is 0 Å². The third kappa shape index (κ3) is 9.17. The van der Waals surface area contributed by atoms with Crippen LogP contribution in [0.25, 0.3) is 0 Å². The monoisotopic (exact) mass is 492 g/mol. The molecule has 0 heterocycles. The zero-order valence-electron chi connectivity index (χ0n) is 19.1. The second kappa shape index (κ2) is 13.8. The van der Waals surface area contributed by atoms with Crippen LogP contribution in [0.5, 0.6) is 0 Å². The number of amides is 2. The summed E-state index contributed by atoms with van der Waals surface area (Å²) in [5.74, 6) is -0.910. The predicted molar refractivity (Wildman–Crippen MR) is 136 cm³/mol. The molecule has 7 nitrogen and oxygen atoms in total. The van der Waals surface area contributed by atoms with Crippen LogP contribution in [-0.4, -0.2) is 40.9 Å². The molecule has 3 rings (SSSR count). The van der Waals surface area contributed by atoms with Crippen molar-refractivity contribution >= 4 is 29.7 Å². The van der Waals surface area contributed by atoms with Crippen LogP contribution >= 0.6 is 11.8 Å². The van der Waals surface area contributed by atoms with Crippen LogP contribution in [-0.2, 0) is 33.1 Å². The van der Waals surface area contributed by atoms with Gasteiger partial charge >= 0.3 is 12.1 Å². The lowest BCUT2D eigenvalue weighted by Gasteiger charge is -2.21. The van der Waals surface area contributed by atoms with Crippen molar-refractivity contribution in [2.75, 3.05) is 5.75 Å². The highest BCUT2D eigenvalue weighted by Crippen LogP contribution is 2.13. The number of alkyl carbamates (subject to hydrolysis) is 1. The van der Waals surface area contributed by atoms with Gasteiger partial charge in [-0.15, -0.1) is 0 Å². The van der Waals surface area contributed by atoms with Crippen LogP contribution in [0.3, 0.4) is 0 Å². The van der Waals surface area contributed by atoms with E-state index in [4.69, 9.17) is 4.74 Å². The highest BCUT2D eigenvalue weighted by atomic mass is 32.2. The van der Waals surface area contributed by atoms with E-state index in [-0.39, 0.29) is 18.8 Å². The molecule has 2 atom stereocenters. The Morgan fingerprint density at radius 1 is 0.743 bits per heavy atom. The van der Waals surface area contributed by atoms with Gasteiger partial charge in [-0.1, -0.05) is 91.0 Å². The summed E-state index contributed by atoms with van der Waals surface area (Å²) < 4.78 is 5.26. The van der Waals surface area contributed by atoms with Gasteiger partial charge < -0.3 is 20.5 Å². The van der Waals surface area contributed by atoms with E-state index in [2.05, 4.69) is 10.6 Å². The standard InChI is InChI=1S/C27H28N2O5S/c30-25(28-24(26(31)32)19-35-18-22-14-8-3-9-15-22)23(16-20-10-4-1-5-11-20)29-27(33)34-17-21-12-6-2-7-13-21/h1-15,23-24H,16-19H2,(H,28,30)(H,29,33)(H,31,32)/t23-,24-/m0/s1. The Balaban J connectivity index is 1.61. The van der Waals surface area contributed by atoms with Crippen molar-refractivity contribution < 1.29 is 24.2 Å². The second-order valence-corrected chi connectivity index (χ2v) is 8.88. The molecule has 0 aliphatic heterocycles. The molecule has 3 aromatic carbocycles. The number of carbonyl (C=O) groups excluding carboxylic acids is 2.